The molecule has 5 heteroatoms. The third-order valence-electron chi connectivity index (χ3n) is 8.66. The monoisotopic (exact) mass is 589 g/mol. The molecule has 0 spiro atoms. The SMILES string of the molecule is c1ccc(-c2nc(-c3ccccc3)nc(-c3cccc(-c4cc5c6c(c4)nc(-c4ccccc4)n6Cc4ccccc4-5)c3)n2)cc1. The van der Waals surface area contributed by atoms with Gasteiger partial charge in [0.1, 0.15) is 5.82 Å². The number of rotatable bonds is 5. The van der Waals surface area contributed by atoms with E-state index in [4.69, 9.17) is 19.9 Å². The summed E-state index contributed by atoms with van der Waals surface area (Å²) in [5.41, 5.74) is 12.1. The number of hydrogen-bond donors (Lipinski definition) is 0. The third-order valence-corrected chi connectivity index (χ3v) is 8.66. The average molecular weight is 590 g/mol. The molecular formula is C41H27N5. The van der Waals surface area contributed by atoms with Gasteiger partial charge < -0.3 is 4.57 Å². The van der Waals surface area contributed by atoms with E-state index in [1.165, 1.54) is 22.2 Å². The number of nitrogens with zero attached hydrogens (tertiary/aromatic N) is 5. The fraction of sp³-hybridized carbons (Fsp3) is 0.0244. The Balaban J connectivity index is 1.21. The molecule has 3 heterocycles. The highest BCUT2D eigenvalue weighted by atomic mass is 15.1. The standard InChI is InChI=1S/C41H27N5/c1-4-13-27(14-5-1)38-43-39(28-15-6-2-7-16-28)45-40(44-38)31-21-12-20-30(23-31)33-24-35-34-22-11-10-19-32(34)26-46-37(35)36(25-33)42-41(46)29-17-8-3-9-18-29/h1-25H,26H2. The van der Waals surface area contributed by atoms with Crippen LogP contribution in [0.3, 0.4) is 0 Å². The van der Waals surface area contributed by atoms with Crippen LogP contribution in [0.5, 0.6) is 0 Å². The van der Waals surface area contributed by atoms with Gasteiger partial charge in [-0.3, -0.25) is 0 Å². The molecule has 0 bridgehead atoms. The van der Waals surface area contributed by atoms with Gasteiger partial charge in [-0.1, -0.05) is 133 Å². The number of aromatic nitrogens is 5. The zero-order valence-electron chi connectivity index (χ0n) is 24.9. The van der Waals surface area contributed by atoms with Crippen LogP contribution in [0.2, 0.25) is 0 Å². The normalized spacial score (nSPS) is 11.8. The molecule has 2 aromatic heterocycles. The zero-order valence-corrected chi connectivity index (χ0v) is 24.9. The first-order valence-electron chi connectivity index (χ1n) is 15.4. The summed E-state index contributed by atoms with van der Waals surface area (Å²) < 4.78 is 2.36. The molecular weight excluding hydrogens is 562 g/mol. The van der Waals surface area contributed by atoms with E-state index in [1.54, 1.807) is 0 Å². The maximum atomic E-state index is 5.22. The molecule has 0 atom stereocenters. The largest absolute Gasteiger partial charge is 0.319 e. The van der Waals surface area contributed by atoms with E-state index in [0.717, 1.165) is 51.3 Å². The van der Waals surface area contributed by atoms with Crippen LogP contribution in [0.4, 0.5) is 0 Å². The minimum Gasteiger partial charge on any atom is -0.319 e. The minimum absolute atomic E-state index is 0.637. The van der Waals surface area contributed by atoms with Crippen molar-refractivity contribution in [3.05, 3.63) is 157 Å². The summed E-state index contributed by atoms with van der Waals surface area (Å²) in [5.74, 6) is 2.93. The number of imidazole rings is 1. The van der Waals surface area contributed by atoms with Crippen molar-refractivity contribution >= 4 is 11.0 Å². The lowest BCUT2D eigenvalue weighted by atomic mass is 9.92. The fourth-order valence-corrected chi connectivity index (χ4v) is 6.47. The lowest BCUT2D eigenvalue weighted by Crippen LogP contribution is -2.08. The molecule has 9 rings (SSSR count). The molecule has 1 aliphatic rings. The second-order valence-corrected chi connectivity index (χ2v) is 11.6. The Morgan fingerprint density at radius 1 is 0.391 bits per heavy atom. The number of hydrogen-bond acceptors (Lipinski definition) is 4. The first-order chi connectivity index (χ1) is 22.8. The highest BCUT2D eigenvalue weighted by molar-refractivity contribution is 6.00. The van der Waals surface area contributed by atoms with Crippen LogP contribution in [0.15, 0.2) is 152 Å². The van der Waals surface area contributed by atoms with E-state index in [1.807, 2.05) is 66.7 Å². The van der Waals surface area contributed by atoms with Gasteiger partial charge in [-0.15, -0.1) is 0 Å². The van der Waals surface area contributed by atoms with Crippen molar-refractivity contribution in [1.82, 2.24) is 24.5 Å². The summed E-state index contributed by atoms with van der Waals surface area (Å²) in [6, 6.07) is 52.3. The zero-order chi connectivity index (χ0) is 30.5. The summed E-state index contributed by atoms with van der Waals surface area (Å²) in [4.78, 5) is 20.0. The Labute approximate surface area is 266 Å². The minimum atomic E-state index is 0.637. The Morgan fingerprint density at radius 2 is 0.935 bits per heavy atom. The maximum absolute atomic E-state index is 5.22. The molecule has 0 unspecified atom stereocenters. The van der Waals surface area contributed by atoms with Gasteiger partial charge >= 0.3 is 0 Å². The van der Waals surface area contributed by atoms with Gasteiger partial charge in [-0.05, 0) is 40.5 Å². The van der Waals surface area contributed by atoms with E-state index in [-0.39, 0.29) is 0 Å². The van der Waals surface area contributed by atoms with Gasteiger partial charge in [0.2, 0.25) is 0 Å². The second kappa shape index (κ2) is 10.8. The lowest BCUT2D eigenvalue weighted by Gasteiger charge is -2.21. The van der Waals surface area contributed by atoms with Crippen molar-refractivity contribution in [3.8, 4) is 67.8 Å². The Kier molecular flexibility index (Phi) is 6.13. The Morgan fingerprint density at radius 3 is 1.61 bits per heavy atom. The van der Waals surface area contributed by atoms with E-state index in [2.05, 4.69) is 89.5 Å². The predicted molar refractivity (Wildman–Crippen MR) is 185 cm³/mol. The fourth-order valence-electron chi connectivity index (χ4n) is 6.47. The molecule has 0 N–H and O–H groups in total. The van der Waals surface area contributed by atoms with E-state index in [0.29, 0.717) is 17.5 Å². The van der Waals surface area contributed by atoms with Gasteiger partial charge in [-0.2, -0.15) is 0 Å². The summed E-state index contributed by atoms with van der Waals surface area (Å²) in [6.07, 6.45) is 0. The molecule has 1 aliphatic heterocycles. The molecule has 6 aromatic carbocycles. The molecule has 0 amide bonds. The maximum Gasteiger partial charge on any atom is 0.164 e. The quantitative estimate of drug-likeness (QED) is 0.201. The smallest absolute Gasteiger partial charge is 0.164 e. The summed E-state index contributed by atoms with van der Waals surface area (Å²) in [5, 5.41) is 0. The summed E-state index contributed by atoms with van der Waals surface area (Å²) in [7, 11) is 0. The second-order valence-electron chi connectivity index (χ2n) is 11.6. The van der Waals surface area contributed by atoms with Crippen LogP contribution in [0.25, 0.3) is 78.8 Å². The molecule has 0 saturated heterocycles. The van der Waals surface area contributed by atoms with E-state index >= 15 is 0 Å². The molecule has 0 aliphatic carbocycles. The Hall–Kier alpha value is -6.20. The first kappa shape index (κ1) is 26.2. The van der Waals surface area contributed by atoms with Gasteiger partial charge in [0, 0.05) is 27.8 Å². The van der Waals surface area contributed by atoms with Crippen LogP contribution in [0.1, 0.15) is 5.56 Å². The van der Waals surface area contributed by atoms with Crippen LogP contribution >= 0.6 is 0 Å². The summed E-state index contributed by atoms with van der Waals surface area (Å²) in [6.45, 7) is 0.797. The lowest BCUT2D eigenvalue weighted by molar-refractivity contribution is 0.827. The van der Waals surface area contributed by atoms with Crippen LogP contribution in [0, 0.1) is 0 Å². The third kappa shape index (κ3) is 4.49. The number of fused-ring (bicyclic) bond motifs is 2. The van der Waals surface area contributed by atoms with Crippen LogP contribution in [-0.4, -0.2) is 24.5 Å². The average Bonchev–Trinajstić information content (AvgIpc) is 3.51. The highest BCUT2D eigenvalue weighted by Gasteiger charge is 2.24. The van der Waals surface area contributed by atoms with Crippen molar-refractivity contribution in [2.24, 2.45) is 0 Å². The highest BCUT2D eigenvalue weighted by Crippen LogP contribution is 2.42. The van der Waals surface area contributed by atoms with Crippen molar-refractivity contribution < 1.29 is 0 Å². The molecule has 0 saturated carbocycles. The van der Waals surface area contributed by atoms with E-state index in [9.17, 15) is 0 Å². The Bertz CT molecular complexity index is 2320. The summed E-state index contributed by atoms with van der Waals surface area (Å²) >= 11 is 0. The van der Waals surface area contributed by atoms with Gasteiger partial charge in [-0.25, -0.2) is 19.9 Å². The molecule has 0 radical (unpaired) electrons. The van der Waals surface area contributed by atoms with Crippen molar-refractivity contribution in [1.29, 1.82) is 0 Å². The molecule has 0 fully saturated rings. The first-order valence-corrected chi connectivity index (χ1v) is 15.4. The molecule has 216 valence electrons. The molecule has 8 aromatic rings. The molecule has 5 nitrogen and oxygen atoms in total. The van der Waals surface area contributed by atoms with Gasteiger partial charge in [0.15, 0.2) is 17.5 Å². The van der Waals surface area contributed by atoms with E-state index < -0.39 is 0 Å². The van der Waals surface area contributed by atoms with Crippen LogP contribution in [-0.2, 0) is 6.54 Å². The van der Waals surface area contributed by atoms with Crippen molar-refractivity contribution in [3.63, 3.8) is 0 Å². The van der Waals surface area contributed by atoms with Gasteiger partial charge in [0.25, 0.3) is 0 Å². The molecule has 46 heavy (non-hydrogen) atoms. The van der Waals surface area contributed by atoms with Crippen molar-refractivity contribution in [2.75, 3.05) is 0 Å². The topological polar surface area (TPSA) is 56.5 Å². The van der Waals surface area contributed by atoms with Crippen LogP contribution < -0.4 is 0 Å². The van der Waals surface area contributed by atoms with Gasteiger partial charge in [0.05, 0.1) is 17.6 Å². The number of benzene rings is 6. The predicted octanol–water partition coefficient (Wildman–Crippen LogP) is 9.58. The van der Waals surface area contributed by atoms with Crippen molar-refractivity contribution in [2.45, 2.75) is 6.54 Å².